The minimum atomic E-state index is 0.0223. The molecule has 3 rings (SSSR count). The fourth-order valence-corrected chi connectivity index (χ4v) is 3.81. The van der Waals surface area contributed by atoms with E-state index in [0.717, 1.165) is 32.1 Å². The van der Waals surface area contributed by atoms with Gasteiger partial charge in [-0.2, -0.15) is 0 Å². The highest BCUT2D eigenvalue weighted by Crippen LogP contribution is 2.31. The lowest BCUT2D eigenvalue weighted by molar-refractivity contribution is -0.122. The largest absolute Gasteiger partial charge is 0.294 e. The van der Waals surface area contributed by atoms with Gasteiger partial charge in [0.15, 0.2) is 4.34 Å². The molecule has 0 bridgehead atoms. The van der Waals surface area contributed by atoms with E-state index in [1.807, 2.05) is 32.2 Å². The molecule has 3 aromatic rings. The lowest BCUT2D eigenvalue weighted by Crippen LogP contribution is -2.22. The predicted molar refractivity (Wildman–Crippen MR) is 96.3 cm³/mol. The minimum absolute atomic E-state index is 0.0223. The Morgan fingerprint density at radius 1 is 1.35 bits per heavy atom. The van der Waals surface area contributed by atoms with Crippen LogP contribution in [0.25, 0.3) is 21.3 Å². The summed E-state index contributed by atoms with van der Waals surface area (Å²) < 4.78 is 4.83. The Morgan fingerprint density at radius 2 is 2.22 bits per heavy atom. The number of nitrogens with zero attached hydrogens (tertiary/aromatic N) is 2. The maximum absolute atomic E-state index is 11.8. The summed E-state index contributed by atoms with van der Waals surface area (Å²) in [5.74, 6) is 0.0712. The van der Waals surface area contributed by atoms with Crippen LogP contribution < -0.4 is 4.72 Å². The van der Waals surface area contributed by atoms with Crippen LogP contribution >= 0.6 is 23.3 Å². The van der Waals surface area contributed by atoms with Gasteiger partial charge in [-0.1, -0.05) is 26.0 Å². The first kappa shape index (κ1) is 16.0. The second kappa shape index (κ2) is 7.10. The Balaban J connectivity index is 1.78. The number of pyridine rings is 1. The van der Waals surface area contributed by atoms with Gasteiger partial charge in [0.25, 0.3) is 0 Å². The number of hydrogen-bond donors (Lipinski definition) is 1. The number of carbonyl (C=O) groups is 1. The van der Waals surface area contributed by atoms with Crippen LogP contribution in [0.4, 0.5) is 0 Å². The average molecular weight is 343 g/mol. The zero-order chi connectivity index (χ0) is 16.2. The van der Waals surface area contributed by atoms with E-state index in [1.165, 1.54) is 11.9 Å². The normalized spacial score (nSPS) is 12.3. The Morgan fingerprint density at radius 3 is 2.96 bits per heavy atom. The minimum Gasteiger partial charge on any atom is -0.294 e. The number of rotatable bonds is 5. The smallest absolute Gasteiger partial charge is 0.232 e. The molecule has 0 saturated carbocycles. The van der Waals surface area contributed by atoms with Crippen LogP contribution in [0.15, 0.2) is 47.1 Å². The van der Waals surface area contributed by atoms with Crippen molar-refractivity contribution in [3.8, 4) is 11.1 Å². The second-order valence-corrected chi connectivity index (χ2v) is 7.37. The summed E-state index contributed by atoms with van der Waals surface area (Å²) in [6, 6.07) is 10.2. The molecule has 2 aromatic heterocycles. The van der Waals surface area contributed by atoms with Gasteiger partial charge in [0.1, 0.15) is 0 Å². The maximum atomic E-state index is 11.8. The van der Waals surface area contributed by atoms with Crippen molar-refractivity contribution in [3.05, 3.63) is 42.7 Å². The third-order valence-electron chi connectivity index (χ3n) is 3.66. The first-order valence-corrected chi connectivity index (χ1v) is 9.08. The highest BCUT2D eigenvalue weighted by molar-refractivity contribution is 7.99. The molecule has 0 aliphatic rings. The molecule has 118 valence electrons. The molecule has 2 heterocycles. The second-order valence-electron chi connectivity index (χ2n) is 5.28. The van der Waals surface area contributed by atoms with Crippen molar-refractivity contribution in [1.82, 2.24) is 14.7 Å². The van der Waals surface area contributed by atoms with Gasteiger partial charge in [-0.15, -0.1) is 11.3 Å². The SMILES string of the molecule is CCC(C)C(=O)NSc1nc2cc(-c3cccnc3)ccc2s1. The first-order chi connectivity index (χ1) is 11.2. The van der Waals surface area contributed by atoms with Crippen LogP contribution in [0.5, 0.6) is 0 Å². The van der Waals surface area contributed by atoms with Crippen LogP contribution in [-0.2, 0) is 4.79 Å². The van der Waals surface area contributed by atoms with Crippen molar-refractivity contribution in [3.63, 3.8) is 0 Å². The van der Waals surface area contributed by atoms with Crippen molar-refractivity contribution in [2.24, 2.45) is 5.92 Å². The number of amides is 1. The Kier molecular flexibility index (Phi) is 4.93. The van der Waals surface area contributed by atoms with E-state index in [0.29, 0.717) is 0 Å². The molecule has 0 spiro atoms. The summed E-state index contributed by atoms with van der Waals surface area (Å²) in [5.41, 5.74) is 3.11. The number of aromatic nitrogens is 2. The first-order valence-electron chi connectivity index (χ1n) is 7.45. The maximum Gasteiger partial charge on any atom is 0.232 e. The van der Waals surface area contributed by atoms with E-state index >= 15 is 0 Å². The summed E-state index contributed by atoms with van der Waals surface area (Å²) in [4.78, 5) is 20.6. The standard InChI is InChI=1S/C17H17N3OS2/c1-3-11(2)16(21)20-23-17-19-14-9-12(6-7-15(14)22-17)13-5-4-8-18-10-13/h4-11H,3H2,1-2H3,(H,20,21). The van der Waals surface area contributed by atoms with E-state index in [-0.39, 0.29) is 11.8 Å². The lowest BCUT2D eigenvalue weighted by atomic mass is 10.1. The van der Waals surface area contributed by atoms with Crippen molar-refractivity contribution in [2.75, 3.05) is 0 Å². The van der Waals surface area contributed by atoms with E-state index in [2.05, 4.69) is 32.9 Å². The van der Waals surface area contributed by atoms with Crippen LogP contribution in [0.3, 0.4) is 0 Å². The molecule has 0 saturated heterocycles. The van der Waals surface area contributed by atoms with E-state index in [9.17, 15) is 4.79 Å². The molecule has 1 unspecified atom stereocenters. The summed E-state index contributed by atoms with van der Waals surface area (Å²) >= 11 is 2.88. The molecule has 6 heteroatoms. The molecule has 1 aromatic carbocycles. The number of benzene rings is 1. The summed E-state index contributed by atoms with van der Waals surface area (Å²) in [6.07, 6.45) is 4.44. The monoisotopic (exact) mass is 343 g/mol. The molecule has 1 N–H and O–H groups in total. The van der Waals surface area contributed by atoms with Crippen LogP contribution in [0, 0.1) is 5.92 Å². The van der Waals surface area contributed by atoms with Crippen LogP contribution in [0.2, 0.25) is 0 Å². The van der Waals surface area contributed by atoms with Gasteiger partial charge in [0, 0.05) is 35.8 Å². The Labute approximate surface area is 143 Å². The fraction of sp³-hybridized carbons (Fsp3) is 0.235. The molecule has 0 aliphatic carbocycles. The number of fused-ring (bicyclic) bond motifs is 1. The summed E-state index contributed by atoms with van der Waals surface area (Å²) in [5, 5.41) is 0. The highest BCUT2D eigenvalue weighted by Gasteiger charge is 2.12. The molecule has 4 nitrogen and oxygen atoms in total. The molecule has 0 fully saturated rings. The molecule has 1 amide bonds. The Hall–Kier alpha value is -1.92. The quantitative estimate of drug-likeness (QED) is 0.692. The zero-order valence-corrected chi connectivity index (χ0v) is 14.6. The molecule has 1 atom stereocenters. The zero-order valence-electron chi connectivity index (χ0n) is 12.9. The van der Waals surface area contributed by atoms with E-state index in [4.69, 9.17) is 0 Å². The third kappa shape index (κ3) is 3.71. The van der Waals surface area contributed by atoms with Crippen molar-refractivity contribution < 1.29 is 4.79 Å². The van der Waals surface area contributed by atoms with Crippen LogP contribution in [-0.4, -0.2) is 15.9 Å². The highest BCUT2D eigenvalue weighted by atomic mass is 32.2. The molecular formula is C17H17N3OS2. The van der Waals surface area contributed by atoms with Gasteiger partial charge in [0.2, 0.25) is 5.91 Å². The van der Waals surface area contributed by atoms with Gasteiger partial charge in [-0.25, -0.2) is 4.98 Å². The van der Waals surface area contributed by atoms with Crippen LogP contribution in [0.1, 0.15) is 20.3 Å². The van der Waals surface area contributed by atoms with Gasteiger partial charge in [0.05, 0.1) is 10.2 Å². The van der Waals surface area contributed by atoms with Gasteiger partial charge in [-0.05, 0) is 30.2 Å². The third-order valence-corrected chi connectivity index (χ3v) is 5.56. The average Bonchev–Trinajstić information content (AvgIpc) is 3.01. The molecular weight excluding hydrogens is 326 g/mol. The number of nitrogens with one attached hydrogen (secondary N) is 1. The molecule has 0 radical (unpaired) electrons. The Bertz CT molecular complexity index is 817. The van der Waals surface area contributed by atoms with Crippen molar-refractivity contribution >= 4 is 39.4 Å². The van der Waals surface area contributed by atoms with Gasteiger partial charge < -0.3 is 0 Å². The van der Waals surface area contributed by atoms with Gasteiger partial charge >= 0.3 is 0 Å². The van der Waals surface area contributed by atoms with Gasteiger partial charge in [-0.3, -0.25) is 14.5 Å². The molecule has 23 heavy (non-hydrogen) atoms. The fourth-order valence-electron chi connectivity index (χ4n) is 2.04. The number of hydrogen-bond acceptors (Lipinski definition) is 5. The number of thiazole rings is 1. The predicted octanol–water partition coefficient (Wildman–Crippen LogP) is 4.53. The number of carbonyl (C=O) groups excluding carboxylic acids is 1. The van der Waals surface area contributed by atoms with E-state index in [1.54, 1.807) is 17.5 Å². The topological polar surface area (TPSA) is 54.9 Å². The van der Waals surface area contributed by atoms with Crippen molar-refractivity contribution in [1.29, 1.82) is 0 Å². The molecule has 0 aliphatic heterocycles. The van der Waals surface area contributed by atoms with Crippen molar-refractivity contribution in [2.45, 2.75) is 24.6 Å². The lowest BCUT2D eigenvalue weighted by Gasteiger charge is -2.06. The summed E-state index contributed by atoms with van der Waals surface area (Å²) in [6.45, 7) is 3.93. The summed E-state index contributed by atoms with van der Waals surface area (Å²) in [7, 11) is 0. The van der Waals surface area contributed by atoms with E-state index < -0.39 is 0 Å².